The maximum absolute atomic E-state index is 15.3. The van der Waals surface area contributed by atoms with Crippen LogP contribution >= 0.6 is 0 Å². The Kier molecular flexibility index (Phi) is 13.1. The van der Waals surface area contributed by atoms with Gasteiger partial charge in [-0.15, -0.1) is 0 Å². The lowest BCUT2D eigenvalue weighted by atomic mass is 9.73. The Morgan fingerprint density at radius 3 is 1.46 bits per heavy atom. The van der Waals surface area contributed by atoms with Gasteiger partial charge in [0.2, 0.25) is 23.0 Å². The summed E-state index contributed by atoms with van der Waals surface area (Å²) in [4.78, 5) is 74.7. The van der Waals surface area contributed by atoms with Gasteiger partial charge in [0.25, 0.3) is 0 Å². The number of carbonyl (C=O) groups excluding carboxylic acids is 5. The van der Waals surface area contributed by atoms with Gasteiger partial charge in [-0.25, -0.2) is 24.0 Å². The molecule has 7 aromatic rings. The molecule has 87 heavy (non-hydrogen) atoms. The van der Waals surface area contributed by atoms with Crippen molar-refractivity contribution in [3.05, 3.63) is 105 Å². The number of hydrogen-bond donors (Lipinski definition) is 20. The summed E-state index contributed by atoms with van der Waals surface area (Å²) in [7, 11) is 0. The Labute approximate surface area is 480 Å². The molecule has 11 rings (SSSR count). The van der Waals surface area contributed by atoms with E-state index in [0.29, 0.717) is 36.4 Å². The van der Waals surface area contributed by atoms with Gasteiger partial charge in [0, 0.05) is 51.4 Å². The number of carbonyl (C=O) groups is 5. The van der Waals surface area contributed by atoms with Crippen LogP contribution in [0.3, 0.4) is 0 Å². The number of fused-ring (bicyclic) bond motifs is 8. The average molecular weight is 1210 g/mol. The molecular weight excluding hydrogens is 1170 g/mol. The second-order valence-corrected chi connectivity index (χ2v) is 19.9. The SMILES string of the molecule is O=C(OC1COC(=O)c2cc(O)c(O)c(O)c2-c2c(cc(O)c(O)c2O)C(=O)OC1C1OC(=O)c2cc(O)c(O)c(O)c2-c2c(O)c(O)c(O)c3c2C(=O)O[C@H]1C3c1c(O)cc(O)c2c1OC(c1ccc(O)c(O)c1)C(O)C2)c1cc(O)c(O)c(O)c1. The molecule has 7 aromatic carbocycles. The third-order valence-corrected chi connectivity index (χ3v) is 14.9. The van der Waals surface area contributed by atoms with Crippen LogP contribution in [0.5, 0.6) is 115 Å². The van der Waals surface area contributed by atoms with Crippen molar-refractivity contribution in [3.8, 4) is 137 Å². The molecule has 0 saturated heterocycles. The number of aliphatic hydroxyl groups is 1. The number of ether oxygens (including phenoxy) is 6. The first-order valence-electron chi connectivity index (χ1n) is 24.9. The van der Waals surface area contributed by atoms with Crippen LogP contribution in [-0.4, -0.2) is 169 Å². The zero-order valence-corrected chi connectivity index (χ0v) is 43.1. The standard InChI is InChI=1S/C56H40O31/c57-18-2-1-12(3-20(18)59)47-27(66)6-14-19(58)10-21(60)32(48(14)84-47)35-34-36-33(44(74)46(76)45(34)75)31-17(9-26(65)40(70)43(31)73)55(80)87-51(50(35)86-56(36)81)49-28(83-52(77)13-4-22(61)37(67)23(62)5-13)11-82-53(78)15-7-24(63)38(68)41(71)29(15)30-16(54(79)85-49)8-25(64)39(69)42(30)72/h1-5,7-10,27-28,35,47,49-51,57-76H,6,11H2/t27?,28?,35?,47?,49?,50-,51?/m0/s1. The first-order chi connectivity index (χ1) is 41.0. The summed E-state index contributed by atoms with van der Waals surface area (Å²) in [6.07, 6.45) is -15.7. The fourth-order valence-corrected chi connectivity index (χ4v) is 10.9. The smallest absolute Gasteiger partial charge is 0.339 e. The third kappa shape index (κ3) is 8.66. The van der Waals surface area contributed by atoms with Gasteiger partial charge >= 0.3 is 29.8 Å². The monoisotopic (exact) mass is 1210 g/mol. The number of hydrogen-bond acceptors (Lipinski definition) is 31. The van der Waals surface area contributed by atoms with Crippen LogP contribution in [0.4, 0.5) is 0 Å². The predicted molar refractivity (Wildman–Crippen MR) is 277 cm³/mol. The fourth-order valence-electron chi connectivity index (χ4n) is 10.9. The zero-order valence-electron chi connectivity index (χ0n) is 43.1. The molecule has 2 bridgehead atoms. The van der Waals surface area contributed by atoms with E-state index in [9.17, 15) is 112 Å². The Balaban J connectivity index is 1.25. The van der Waals surface area contributed by atoms with Crippen LogP contribution in [0.1, 0.15) is 86.1 Å². The van der Waals surface area contributed by atoms with E-state index in [4.69, 9.17) is 28.4 Å². The molecule has 20 N–H and O–H groups in total. The molecule has 0 aliphatic carbocycles. The zero-order chi connectivity index (χ0) is 63.0. The summed E-state index contributed by atoms with van der Waals surface area (Å²) in [5.74, 6) is -38.0. The molecule has 4 aliphatic rings. The van der Waals surface area contributed by atoms with Crippen LogP contribution < -0.4 is 4.74 Å². The van der Waals surface area contributed by atoms with E-state index in [0.717, 1.165) is 18.2 Å². The number of phenols is 19. The maximum Gasteiger partial charge on any atom is 0.339 e. The van der Waals surface area contributed by atoms with Crippen molar-refractivity contribution < 1.29 is 155 Å². The summed E-state index contributed by atoms with van der Waals surface area (Å²) < 4.78 is 35.6. The van der Waals surface area contributed by atoms with Gasteiger partial charge < -0.3 is 131 Å². The number of cyclic esters (lactones) is 3. The largest absolute Gasteiger partial charge is 0.507 e. The maximum atomic E-state index is 15.3. The number of esters is 5. The summed E-state index contributed by atoms with van der Waals surface area (Å²) in [6, 6.07) is 5.59. The second-order valence-electron chi connectivity index (χ2n) is 19.9. The average Bonchev–Trinajstić information content (AvgIpc) is 0.817. The van der Waals surface area contributed by atoms with Gasteiger partial charge in [-0.2, -0.15) is 0 Å². The Morgan fingerprint density at radius 2 is 0.908 bits per heavy atom. The van der Waals surface area contributed by atoms with E-state index in [1.807, 2.05) is 0 Å². The Hall–Kier alpha value is -12.2. The van der Waals surface area contributed by atoms with Gasteiger partial charge in [0.05, 0.1) is 39.8 Å². The topological polar surface area (TPSA) is 545 Å². The highest BCUT2D eigenvalue weighted by Crippen LogP contribution is 2.62. The lowest BCUT2D eigenvalue weighted by molar-refractivity contribution is -0.135. The lowest BCUT2D eigenvalue weighted by Crippen LogP contribution is -2.56. The van der Waals surface area contributed by atoms with E-state index >= 15 is 14.4 Å². The van der Waals surface area contributed by atoms with Gasteiger partial charge in [0.15, 0.2) is 99.2 Å². The Bertz CT molecular complexity index is 4220. The van der Waals surface area contributed by atoms with Crippen molar-refractivity contribution in [1.82, 2.24) is 0 Å². The van der Waals surface area contributed by atoms with Crippen molar-refractivity contribution in [1.29, 1.82) is 0 Å². The van der Waals surface area contributed by atoms with E-state index in [1.165, 1.54) is 0 Å². The van der Waals surface area contributed by atoms with Crippen molar-refractivity contribution in [2.75, 3.05) is 6.61 Å². The summed E-state index contributed by atoms with van der Waals surface area (Å²) in [5.41, 5.74) is -13.3. The molecule has 31 nitrogen and oxygen atoms in total. The normalized spacial score (nSPS) is 20.4. The highest BCUT2D eigenvalue weighted by Gasteiger charge is 2.57. The van der Waals surface area contributed by atoms with Gasteiger partial charge in [-0.05, 0) is 48.0 Å². The minimum Gasteiger partial charge on any atom is -0.507 e. The van der Waals surface area contributed by atoms with Crippen LogP contribution in [-0.2, 0) is 30.1 Å². The van der Waals surface area contributed by atoms with E-state index in [1.54, 1.807) is 0 Å². The van der Waals surface area contributed by atoms with Crippen molar-refractivity contribution in [3.63, 3.8) is 0 Å². The van der Waals surface area contributed by atoms with Gasteiger partial charge in [0.1, 0.15) is 30.0 Å². The molecule has 0 amide bonds. The van der Waals surface area contributed by atoms with Gasteiger partial charge in [-0.1, -0.05) is 6.07 Å². The first-order valence-corrected chi connectivity index (χ1v) is 24.9. The number of aromatic hydroxyl groups is 19. The minimum atomic E-state index is -3.00. The summed E-state index contributed by atoms with van der Waals surface area (Å²) in [5, 5.41) is 222. The quantitative estimate of drug-likeness (QED) is 0.0668. The highest BCUT2D eigenvalue weighted by molar-refractivity contribution is 6.11. The summed E-state index contributed by atoms with van der Waals surface area (Å²) >= 11 is 0. The highest BCUT2D eigenvalue weighted by atomic mass is 16.6. The molecule has 0 saturated carbocycles. The minimum absolute atomic E-state index is 0.140. The molecular formula is C56H40O31. The molecule has 4 heterocycles. The molecule has 7 atom stereocenters. The predicted octanol–water partition coefficient (Wildman–Crippen LogP) is 3.30. The fraction of sp³-hybridized carbons (Fsp3) is 0.161. The van der Waals surface area contributed by atoms with E-state index in [-0.39, 0.29) is 5.56 Å². The number of aliphatic hydroxyl groups excluding tert-OH is 1. The lowest BCUT2D eigenvalue weighted by Gasteiger charge is -2.43. The van der Waals surface area contributed by atoms with Gasteiger partial charge in [-0.3, -0.25) is 0 Å². The van der Waals surface area contributed by atoms with E-state index in [2.05, 4.69) is 0 Å². The third-order valence-electron chi connectivity index (χ3n) is 14.9. The summed E-state index contributed by atoms with van der Waals surface area (Å²) in [6.45, 7) is -1.63. The van der Waals surface area contributed by atoms with Crippen LogP contribution in [0, 0.1) is 0 Å². The van der Waals surface area contributed by atoms with Crippen molar-refractivity contribution >= 4 is 29.8 Å². The van der Waals surface area contributed by atoms with Crippen LogP contribution in [0.2, 0.25) is 0 Å². The molecule has 0 aromatic heterocycles. The molecule has 6 unspecified atom stereocenters. The molecule has 0 radical (unpaired) electrons. The molecule has 0 fully saturated rings. The molecule has 0 spiro atoms. The first kappa shape index (κ1) is 56.7. The molecule has 31 heteroatoms. The van der Waals surface area contributed by atoms with Crippen molar-refractivity contribution in [2.24, 2.45) is 0 Å². The number of phenolic OH excluding ortho intramolecular Hbond substituents is 19. The number of rotatable bonds is 5. The van der Waals surface area contributed by atoms with E-state index < -0.39 is 267 Å². The van der Waals surface area contributed by atoms with Crippen LogP contribution in [0.15, 0.2) is 54.6 Å². The molecule has 4 aliphatic heterocycles. The number of benzene rings is 7. The van der Waals surface area contributed by atoms with Crippen molar-refractivity contribution in [2.45, 2.75) is 49.0 Å². The second kappa shape index (κ2) is 20.0. The Morgan fingerprint density at radius 1 is 0.414 bits per heavy atom. The van der Waals surface area contributed by atoms with Crippen LogP contribution in [0.25, 0.3) is 22.3 Å². The molecule has 450 valence electrons.